The van der Waals surface area contributed by atoms with Crippen molar-refractivity contribution in [2.45, 2.75) is 51.3 Å². The minimum Gasteiger partial charge on any atom is -0.507 e. The smallest absolute Gasteiger partial charge is 0.410 e. The van der Waals surface area contributed by atoms with E-state index in [9.17, 15) is 15.0 Å². The van der Waals surface area contributed by atoms with E-state index in [4.69, 9.17) is 14.7 Å². The van der Waals surface area contributed by atoms with Crippen LogP contribution in [0, 0.1) is 0 Å². The highest BCUT2D eigenvalue weighted by atomic mass is 16.6. The van der Waals surface area contributed by atoms with E-state index >= 15 is 0 Å². The van der Waals surface area contributed by atoms with Crippen molar-refractivity contribution in [2.24, 2.45) is 0 Å². The van der Waals surface area contributed by atoms with Gasteiger partial charge in [-0.15, -0.1) is 0 Å². The zero-order valence-corrected chi connectivity index (χ0v) is 30.3. The third-order valence-corrected chi connectivity index (χ3v) is 9.41. The number of anilines is 2. The topological polar surface area (TPSA) is 132 Å². The second kappa shape index (κ2) is 15.4. The van der Waals surface area contributed by atoms with Crippen LogP contribution >= 0.6 is 0 Å². The molecule has 0 radical (unpaired) electrons. The molecule has 4 heterocycles. The first-order valence-electron chi connectivity index (χ1n) is 18.2. The van der Waals surface area contributed by atoms with Crippen molar-refractivity contribution in [1.29, 1.82) is 0 Å². The van der Waals surface area contributed by atoms with Crippen LogP contribution in [0.1, 0.15) is 33.6 Å². The molecule has 5 N–H and O–H groups in total. The summed E-state index contributed by atoms with van der Waals surface area (Å²) in [6.07, 6.45) is 1.67. The molecule has 2 aliphatic rings. The zero-order valence-electron chi connectivity index (χ0n) is 30.3. The van der Waals surface area contributed by atoms with E-state index < -0.39 is 5.60 Å². The molecule has 10 nitrogen and oxygen atoms in total. The average Bonchev–Trinajstić information content (AvgIpc) is 3.84. The van der Waals surface area contributed by atoms with Gasteiger partial charge >= 0.3 is 6.09 Å². The molecule has 2 fully saturated rings. The van der Waals surface area contributed by atoms with Crippen LogP contribution < -0.4 is 16.0 Å². The first kappa shape index (κ1) is 35.5. The number of carbonyl (C=O) groups is 1. The van der Waals surface area contributed by atoms with Gasteiger partial charge in [-0.1, -0.05) is 60.7 Å². The quantitative estimate of drug-likeness (QED) is 0.116. The van der Waals surface area contributed by atoms with Crippen molar-refractivity contribution >= 4 is 39.3 Å². The Bertz CT molecular complexity index is 2230. The van der Waals surface area contributed by atoms with Crippen LogP contribution in [0.25, 0.3) is 44.3 Å². The lowest BCUT2D eigenvalue weighted by Crippen LogP contribution is -2.36. The Kier molecular flexibility index (Phi) is 10.3. The molecule has 2 atom stereocenters. The highest BCUT2D eigenvalue weighted by Gasteiger charge is 2.30. The molecule has 53 heavy (non-hydrogen) atoms. The number of pyridine rings is 2. The summed E-state index contributed by atoms with van der Waals surface area (Å²) >= 11 is 0. The normalized spacial score (nSPS) is 17.0. The van der Waals surface area contributed by atoms with Gasteiger partial charge in [0.15, 0.2) is 0 Å². The van der Waals surface area contributed by atoms with Crippen LogP contribution in [0.4, 0.5) is 16.2 Å². The Balaban J connectivity index is 0.000000170. The molecule has 272 valence electrons. The van der Waals surface area contributed by atoms with E-state index in [0.29, 0.717) is 30.4 Å². The third-order valence-electron chi connectivity index (χ3n) is 9.41. The number of ether oxygens (including phenoxy) is 1. The fraction of sp³-hybridized carbons (Fsp3) is 0.279. The third kappa shape index (κ3) is 8.45. The van der Waals surface area contributed by atoms with Gasteiger partial charge in [-0.05, 0) is 88.7 Å². The van der Waals surface area contributed by atoms with Crippen molar-refractivity contribution in [3.8, 4) is 34.0 Å². The number of phenols is 2. The minimum atomic E-state index is -0.503. The summed E-state index contributed by atoms with van der Waals surface area (Å²) in [4.78, 5) is 23.6. The second-order valence-electron chi connectivity index (χ2n) is 14.6. The fourth-order valence-corrected chi connectivity index (χ4v) is 6.83. The lowest BCUT2D eigenvalue weighted by atomic mass is 10.1. The summed E-state index contributed by atoms with van der Waals surface area (Å²) in [5.41, 5.74) is 6.23. The maximum absolute atomic E-state index is 12.4. The number of rotatable bonds is 6. The molecule has 2 saturated heterocycles. The van der Waals surface area contributed by atoms with Crippen molar-refractivity contribution in [1.82, 2.24) is 20.2 Å². The number of hydrogen-bond donors (Lipinski definition) is 5. The van der Waals surface area contributed by atoms with E-state index in [2.05, 4.69) is 22.0 Å². The van der Waals surface area contributed by atoms with E-state index in [1.54, 1.807) is 23.1 Å². The predicted octanol–water partition coefficient (Wildman–Crippen LogP) is 8.41. The van der Waals surface area contributed by atoms with E-state index in [-0.39, 0.29) is 23.6 Å². The van der Waals surface area contributed by atoms with Gasteiger partial charge in [0.1, 0.15) is 17.1 Å². The Morgan fingerprint density at radius 3 is 1.75 bits per heavy atom. The van der Waals surface area contributed by atoms with Gasteiger partial charge in [-0.2, -0.15) is 0 Å². The van der Waals surface area contributed by atoms with Gasteiger partial charge < -0.3 is 35.8 Å². The summed E-state index contributed by atoms with van der Waals surface area (Å²) in [7, 11) is 0. The fourth-order valence-electron chi connectivity index (χ4n) is 6.83. The molecule has 0 bridgehead atoms. The molecule has 0 unspecified atom stereocenters. The molecule has 1 amide bonds. The van der Waals surface area contributed by atoms with Crippen molar-refractivity contribution in [3.05, 3.63) is 109 Å². The first-order chi connectivity index (χ1) is 25.6. The maximum atomic E-state index is 12.4. The number of nitrogens with zero attached hydrogens (tertiary/aromatic N) is 3. The number of aromatic nitrogens is 2. The summed E-state index contributed by atoms with van der Waals surface area (Å²) < 4.78 is 5.50. The molecule has 0 aliphatic carbocycles. The van der Waals surface area contributed by atoms with Crippen molar-refractivity contribution in [3.63, 3.8) is 0 Å². The number of carbonyl (C=O) groups excluding carboxylic acids is 1. The predicted molar refractivity (Wildman–Crippen MR) is 212 cm³/mol. The second-order valence-corrected chi connectivity index (χ2v) is 14.6. The van der Waals surface area contributed by atoms with Gasteiger partial charge in [0, 0.05) is 65.0 Å². The molecule has 0 spiro atoms. The molecular weight excluding hydrogens is 665 g/mol. The van der Waals surface area contributed by atoms with Crippen LogP contribution in [0.2, 0.25) is 0 Å². The number of nitrogens with one attached hydrogen (secondary N) is 3. The number of para-hydroxylation sites is 4. The van der Waals surface area contributed by atoms with Gasteiger partial charge in [0.2, 0.25) is 0 Å². The SMILES string of the molecule is CC(C)(C)OC(=O)N1CC[C@H](Nc2cc(-c3ccccc3O)nc3ccccc23)C1.Oc1ccccc1-c1cc(N[C@H]2CCNC2)c2ccccc2n1. The molecular formula is C43H46N6O4. The number of likely N-dealkylation sites (tertiary alicyclic amines) is 1. The Morgan fingerprint density at radius 1 is 0.736 bits per heavy atom. The molecule has 10 heteroatoms. The van der Waals surface area contributed by atoms with Gasteiger partial charge in [0.05, 0.1) is 22.4 Å². The van der Waals surface area contributed by atoms with Crippen molar-refractivity contribution < 1.29 is 19.7 Å². The number of phenolic OH excluding ortho intramolecular Hbond substituents is 2. The number of aromatic hydroxyl groups is 2. The zero-order chi connectivity index (χ0) is 37.0. The summed E-state index contributed by atoms with van der Waals surface area (Å²) in [6.45, 7) is 8.88. The van der Waals surface area contributed by atoms with Gasteiger partial charge in [-0.25, -0.2) is 14.8 Å². The van der Waals surface area contributed by atoms with E-state index in [1.807, 2.05) is 106 Å². The van der Waals surface area contributed by atoms with E-state index in [0.717, 1.165) is 70.4 Å². The lowest BCUT2D eigenvalue weighted by Gasteiger charge is -2.24. The van der Waals surface area contributed by atoms with Crippen LogP contribution in [0.3, 0.4) is 0 Å². The number of benzene rings is 4. The van der Waals surface area contributed by atoms with E-state index in [1.165, 1.54) is 0 Å². The summed E-state index contributed by atoms with van der Waals surface area (Å²) in [5.74, 6) is 0.451. The Morgan fingerprint density at radius 2 is 1.25 bits per heavy atom. The van der Waals surface area contributed by atoms with Crippen molar-refractivity contribution in [2.75, 3.05) is 36.8 Å². The maximum Gasteiger partial charge on any atom is 0.410 e. The number of amides is 1. The van der Waals surface area contributed by atoms with Gasteiger partial charge in [-0.3, -0.25) is 0 Å². The Labute approximate surface area is 309 Å². The standard InChI is InChI=1S/C24H27N3O3.C19H19N3O/c1-24(2,3)30-23(29)27-13-12-16(15-27)25-20-14-21(18-9-5-7-11-22(18)28)26-19-10-6-4-8-17(19)20;23-19-8-4-2-6-15(19)18-11-17(21-13-9-10-20-12-13)14-5-1-3-7-16(14)22-18/h4-11,14,16,28H,12-13,15H2,1-3H3,(H,25,26);1-8,11,13,20,23H,9-10,12H2,(H,21,22)/t16-;13-/m00/s1. The first-order valence-corrected chi connectivity index (χ1v) is 18.2. The molecule has 8 rings (SSSR count). The van der Waals surface area contributed by atoms with Crippen LogP contribution in [-0.4, -0.2) is 75.0 Å². The highest BCUT2D eigenvalue weighted by molar-refractivity contribution is 5.95. The monoisotopic (exact) mass is 710 g/mol. The molecule has 2 aliphatic heterocycles. The largest absolute Gasteiger partial charge is 0.507 e. The molecule has 0 saturated carbocycles. The number of fused-ring (bicyclic) bond motifs is 2. The lowest BCUT2D eigenvalue weighted by molar-refractivity contribution is 0.0293. The molecule has 4 aromatic carbocycles. The Hall–Kier alpha value is -5.87. The van der Waals surface area contributed by atoms with Crippen LogP contribution in [0.5, 0.6) is 11.5 Å². The number of hydrogen-bond acceptors (Lipinski definition) is 9. The summed E-state index contributed by atoms with van der Waals surface area (Å²) in [5, 5.41) is 33.1. The van der Waals surface area contributed by atoms with Gasteiger partial charge in [0.25, 0.3) is 0 Å². The minimum absolute atomic E-state index is 0.112. The highest BCUT2D eigenvalue weighted by Crippen LogP contribution is 2.35. The summed E-state index contributed by atoms with van der Waals surface area (Å²) in [6, 6.07) is 35.1. The average molecular weight is 711 g/mol. The molecule has 2 aromatic heterocycles. The van der Waals surface area contributed by atoms with Crippen LogP contribution in [-0.2, 0) is 4.74 Å². The van der Waals surface area contributed by atoms with Crippen LogP contribution in [0.15, 0.2) is 109 Å². The molecule has 6 aromatic rings.